The van der Waals surface area contributed by atoms with E-state index in [0.717, 1.165) is 6.42 Å². The molecule has 1 saturated carbocycles. The van der Waals surface area contributed by atoms with Crippen LogP contribution in [0.15, 0.2) is 18.2 Å². The molecule has 0 radical (unpaired) electrons. The Balaban J connectivity index is 2.11. The van der Waals surface area contributed by atoms with Crippen molar-refractivity contribution in [3.8, 4) is 5.75 Å². The molecule has 2 N–H and O–H groups in total. The predicted octanol–water partition coefficient (Wildman–Crippen LogP) is 2.18. The van der Waals surface area contributed by atoms with E-state index in [2.05, 4.69) is 0 Å². The van der Waals surface area contributed by atoms with Gasteiger partial charge >= 0.3 is 5.69 Å². The summed E-state index contributed by atoms with van der Waals surface area (Å²) in [6.07, 6.45) is 1.16. The van der Waals surface area contributed by atoms with Gasteiger partial charge in [-0.3, -0.25) is 10.1 Å². The molecule has 0 aliphatic heterocycles. The molecule has 1 aliphatic rings. The molecule has 0 amide bonds. The van der Waals surface area contributed by atoms with E-state index in [9.17, 15) is 10.1 Å². The van der Waals surface area contributed by atoms with Gasteiger partial charge in [0.1, 0.15) is 12.2 Å². The zero-order valence-electron chi connectivity index (χ0n) is 11.7. The number of rotatable bonds is 6. The lowest BCUT2D eigenvalue weighted by Crippen LogP contribution is -2.59. The van der Waals surface area contributed by atoms with E-state index >= 15 is 0 Å². The predicted molar refractivity (Wildman–Crippen MR) is 74.9 cm³/mol. The molecular weight excluding hydrogens is 260 g/mol. The van der Waals surface area contributed by atoms with Gasteiger partial charge in [0.15, 0.2) is 5.75 Å². The molecule has 0 aromatic heterocycles. The molecule has 0 spiro atoms. The van der Waals surface area contributed by atoms with E-state index in [1.807, 2.05) is 6.92 Å². The quantitative estimate of drug-likeness (QED) is 0.637. The lowest BCUT2D eigenvalue weighted by molar-refractivity contribution is -0.386. The number of benzene rings is 1. The number of hydrogen-bond acceptors (Lipinski definition) is 5. The van der Waals surface area contributed by atoms with Crippen LogP contribution in [0.2, 0.25) is 0 Å². The summed E-state index contributed by atoms with van der Waals surface area (Å²) in [5.41, 5.74) is 6.50. The molecule has 1 aromatic carbocycles. The van der Waals surface area contributed by atoms with Crippen LogP contribution in [-0.4, -0.2) is 29.8 Å². The second-order valence-corrected chi connectivity index (χ2v) is 5.07. The summed E-state index contributed by atoms with van der Waals surface area (Å²) in [6, 6.07) is 5.00. The molecule has 6 heteroatoms. The van der Waals surface area contributed by atoms with Crippen LogP contribution in [-0.2, 0) is 4.74 Å². The van der Waals surface area contributed by atoms with Crippen molar-refractivity contribution in [1.29, 1.82) is 0 Å². The van der Waals surface area contributed by atoms with Crippen LogP contribution >= 0.6 is 0 Å². The highest BCUT2D eigenvalue weighted by Gasteiger charge is 2.42. The number of hydrogen-bond donors (Lipinski definition) is 1. The molecule has 110 valence electrons. The third-order valence-corrected chi connectivity index (χ3v) is 3.47. The van der Waals surface area contributed by atoms with E-state index in [-0.39, 0.29) is 29.7 Å². The van der Waals surface area contributed by atoms with Gasteiger partial charge in [-0.1, -0.05) is 19.1 Å². The Labute approximate surface area is 118 Å². The average molecular weight is 280 g/mol. The van der Waals surface area contributed by atoms with Crippen molar-refractivity contribution >= 4 is 5.69 Å². The van der Waals surface area contributed by atoms with Crippen LogP contribution in [0.5, 0.6) is 5.75 Å². The molecule has 2 rings (SSSR count). The first-order chi connectivity index (χ1) is 9.54. The van der Waals surface area contributed by atoms with Gasteiger partial charge in [-0.25, -0.2) is 0 Å². The van der Waals surface area contributed by atoms with Crippen molar-refractivity contribution in [2.24, 2.45) is 5.73 Å². The van der Waals surface area contributed by atoms with E-state index in [1.54, 1.807) is 25.1 Å². The third-order valence-electron chi connectivity index (χ3n) is 3.47. The molecule has 0 bridgehead atoms. The first-order valence-electron chi connectivity index (χ1n) is 6.82. The second kappa shape index (κ2) is 6.19. The largest absolute Gasteiger partial charge is 0.481 e. The van der Waals surface area contributed by atoms with Gasteiger partial charge in [0.25, 0.3) is 0 Å². The van der Waals surface area contributed by atoms with Crippen LogP contribution in [0.4, 0.5) is 5.69 Å². The van der Waals surface area contributed by atoms with Gasteiger partial charge in [-0.05, 0) is 19.4 Å². The van der Waals surface area contributed by atoms with Crippen molar-refractivity contribution in [2.75, 3.05) is 6.61 Å². The molecule has 3 unspecified atom stereocenters. The fourth-order valence-electron chi connectivity index (χ4n) is 2.34. The Kier molecular flexibility index (Phi) is 4.57. The summed E-state index contributed by atoms with van der Waals surface area (Å²) in [7, 11) is 0. The van der Waals surface area contributed by atoms with Crippen LogP contribution in [0.1, 0.15) is 25.3 Å². The second-order valence-electron chi connectivity index (χ2n) is 5.07. The van der Waals surface area contributed by atoms with Gasteiger partial charge in [-0.2, -0.15) is 0 Å². The van der Waals surface area contributed by atoms with Gasteiger partial charge in [0.2, 0.25) is 0 Å². The summed E-state index contributed by atoms with van der Waals surface area (Å²) >= 11 is 0. The molecule has 6 nitrogen and oxygen atoms in total. The highest BCUT2D eigenvalue weighted by molar-refractivity contribution is 5.52. The van der Waals surface area contributed by atoms with Crippen molar-refractivity contribution in [2.45, 2.75) is 44.9 Å². The Bertz CT molecular complexity index is 492. The molecule has 0 heterocycles. The fourth-order valence-corrected chi connectivity index (χ4v) is 2.34. The van der Waals surface area contributed by atoms with Crippen molar-refractivity contribution in [1.82, 2.24) is 0 Å². The lowest BCUT2D eigenvalue weighted by Gasteiger charge is -2.41. The minimum atomic E-state index is -0.412. The minimum absolute atomic E-state index is 0.0159. The van der Waals surface area contributed by atoms with Crippen molar-refractivity contribution in [3.05, 3.63) is 33.9 Å². The van der Waals surface area contributed by atoms with Crippen molar-refractivity contribution < 1.29 is 14.4 Å². The topological polar surface area (TPSA) is 87.6 Å². The Hall–Kier alpha value is -1.66. The molecule has 3 atom stereocenters. The number of nitrogens with two attached hydrogens (primary N) is 1. The fraction of sp³-hybridized carbons (Fsp3) is 0.571. The van der Waals surface area contributed by atoms with Gasteiger partial charge in [0, 0.05) is 24.6 Å². The van der Waals surface area contributed by atoms with Gasteiger partial charge in [-0.15, -0.1) is 0 Å². The first-order valence-corrected chi connectivity index (χ1v) is 6.82. The number of para-hydroxylation sites is 1. The number of nitro benzene ring substituents is 1. The molecule has 1 fully saturated rings. The maximum atomic E-state index is 11.1. The number of aryl methyl sites for hydroxylation is 1. The average Bonchev–Trinajstić information content (AvgIpc) is 2.38. The van der Waals surface area contributed by atoms with Crippen LogP contribution in [0, 0.1) is 17.0 Å². The smallest absolute Gasteiger partial charge is 0.313 e. The first kappa shape index (κ1) is 14.7. The maximum absolute atomic E-state index is 11.1. The van der Waals surface area contributed by atoms with Crippen LogP contribution in [0.3, 0.4) is 0 Å². The number of nitro groups is 1. The normalized spacial score (nSPS) is 25.1. The Morgan fingerprint density at radius 3 is 2.85 bits per heavy atom. The standard InChI is InChI=1S/C14H20N2O4/c1-3-7-19-14-10(15)8-12(14)20-11-6-4-5-9(2)13(11)16(17)18/h4-6,10,12,14H,3,7-8,15H2,1-2H3. The molecule has 0 saturated heterocycles. The Morgan fingerprint density at radius 2 is 2.25 bits per heavy atom. The summed E-state index contributed by atoms with van der Waals surface area (Å²) in [4.78, 5) is 10.7. The monoisotopic (exact) mass is 280 g/mol. The summed E-state index contributed by atoms with van der Waals surface area (Å²) < 4.78 is 11.4. The zero-order valence-corrected chi connectivity index (χ0v) is 11.7. The highest BCUT2D eigenvalue weighted by atomic mass is 16.6. The maximum Gasteiger partial charge on any atom is 0.313 e. The van der Waals surface area contributed by atoms with E-state index < -0.39 is 4.92 Å². The van der Waals surface area contributed by atoms with Crippen LogP contribution in [0.25, 0.3) is 0 Å². The molecule has 1 aromatic rings. The van der Waals surface area contributed by atoms with Gasteiger partial charge in [0.05, 0.1) is 4.92 Å². The van der Waals surface area contributed by atoms with E-state index in [1.165, 1.54) is 0 Å². The third kappa shape index (κ3) is 2.91. The summed E-state index contributed by atoms with van der Waals surface area (Å²) in [5.74, 6) is 0.289. The number of nitrogens with zero attached hydrogens (tertiary/aromatic N) is 1. The highest BCUT2D eigenvalue weighted by Crippen LogP contribution is 2.35. The summed E-state index contributed by atoms with van der Waals surface area (Å²) in [6.45, 7) is 4.34. The van der Waals surface area contributed by atoms with Crippen molar-refractivity contribution in [3.63, 3.8) is 0 Å². The SMILES string of the molecule is CCCOC1C(N)CC1Oc1cccc(C)c1[N+](=O)[O-]. The zero-order chi connectivity index (χ0) is 14.7. The number of ether oxygens (including phenoxy) is 2. The lowest BCUT2D eigenvalue weighted by atomic mass is 9.86. The van der Waals surface area contributed by atoms with E-state index in [0.29, 0.717) is 18.6 Å². The Morgan fingerprint density at radius 1 is 1.50 bits per heavy atom. The molecule has 20 heavy (non-hydrogen) atoms. The van der Waals surface area contributed by atoms with E-state index in [4.69, 9.17) is 15.2 Å². The van der Waals surface area contributed by atoms with Gasteiger partial charge < -0.3 is 15.2 Å². The molecular formula is C14H20N2O4. The minimum Gasteiger partial charge on any atom is -0.481 e. The summed E-state index contributed by atoms with van der Waals surface area (Å²) in [5, 5.41) is 11.1. The van der Waals surface area contributed by atoms with Crippen LogP contribution < -0.4 is 10.5 Å². The molecule has 1 aliphatic carbocycles.